The lowest BCUT2D eigenvalue weighted by molar-refractivity contribution is -0.117. The first-order valence-corrected chi connectivity index (χ1v) is 7.33. The fourth-order valence-electron chi connectivity index (χ4n) is 1.71. The summed E-state index contributed by atoms with van der Waals surface area (Å²) in [7, 11) is 0. The topological polar surface area (TPSA) is 72.7 Å². The number of anilines is 1. The number of carbonyl (C=O) groups excluding carboxylic acids is 1. The van der Waals surface area contributed by atoms with Gasteiger partial charge < -0.3 is 5.32 Å². The zero-order valence-electron chi connectivity index (χ0n) is 10.7. The van der Waals surface area contributed by atoms with Crippen LogP contribution in [-0.2, 0) is 11.3 Å². The van der Waals surface area contributed by atoms with Crippen LogP contribution in [0.15, 0.2) is 41.8 Å². The van der Waals surface area contributed by atoms with Gasteiger partial charge in [0.05, 0.1) is 4.88 Å². The lowest BCUT2D eigenvalue weighted by atomic mass is 10.3. The summed E-state index contributed by atoms with van der Waals surface area (Å²) in [5.41, 5.74) is 0.631. The van der Waals surface area contributed by atoms with Gasteiger partial charge in [-0.25, -0.2) is 0 Å². The van der Waals surface area contributed by atoms with Crippen molar-refractivity contribution < 1.29 is 4.79 Å². The van der Waals surface area contributed by atoms with Gasteiger partial charge in [-0.2, -0.15) is 4.80 Å². The van der Waals surface area contributed by atoms with E-state index in [9.17, 15) is 4.79 Å². The molecule has 0 saturated heterocycles. The lowest BCUT2D eigenvalue weighted by Crippen LogP contribution is -2.20. The second-order valence-corrected chi connectivity index (χ2v) is 5.56. The monoisotopic (exact) mass is 319 g/mol. The summed E-state index contributed by atoms with van der Waals surface area (Å²) in [6.45, 7) is -0.00904. The molecule has 2 aromatic heterocycles. The van der Waals surface area contributed by atoms with Crippen molar-refractivity contribution in [3.8, 4) is 10.7 Å². The highest BCUT2D eigenvalue weighted by Crippen LogP contribution is 2.19. The molecule has 0 saturated carbocycles. The van der Waals surface area contributed by atoms with Gasteiger partial charge in [-0.3, -0.25) is 4.79 Å². The van der Waals surface area contributed by atoms with Crippen molar-refractivity contribution in [2.24, 2.45) is 0 Å². The van der Waals surface area contributed by atoms with Gasteiger partial charge in [0.1, 0.15) is 6.54 Å². The molecule has 0 spiro atoms. The molecule has 8 heteroatoms. The Labute approximate surface area is 129 Å². The van der Waals surface area contributed by atoms with Crippen molar-refractivity contribution in [2.45, 2.75) is 6.54 Å². The minimum atomic E-state index is -0.243. The van der Waals surface area contributed by atoms with Crippen molar-refractivity contribution in [1.29, 1.82) is 0 Å². The van der Waals surface area contributed by atoms with Crippen molar-refractivity contribution in [1.82, 2.24) is 20.2 Å². The molecule has 0 bridgehead atoms. The van der Waals surface area contributed by atoms with Crippen LogP contribution in [-0.4, -0.2) is 26.1 Å². The van der Waals surface area contributed by atoms with Crippen LogP contribution < -0.4 is 5.32 Å². The maximum absolute atomic E-state index is 11.9. The number of halogens is 1. The third kappa shape index (κ3) is 3.45. The lowest BCUT2D eigenvalue weighted by Gasteiger charge is -2.04. The Morgan fingerprint density at radius 3 is 3.00 bits per heavy atom. The molecule has 0 atom stereocenters. The van der Waals surface area contributed by atoms with Crippen molar-refractivity contribution >= 4 is 34.5 Å². The molecular formula is C13H10ClN5OS. The quantitative estimate of drug-likeness (QED) is 0.802. The van der Waals surface area contributed by atoms with Gasteiger partial charge in [-0.05, 0) is 34.9 Å². The summed E-state index contributed by atoms with van der Waals surface area (Å²) < 4.78 is 0. The Morgan fingerprint density at radius 2 is 2.24 bits per heavy atom. The smallest absolute Gasteiger partial charge is 0.248 e. The van der Waals surface area contributed by atoms with Crippen LogP contribution in [0.25, 0.3) is 10.7 Å². The number of thiophene rings is 1. The summed E-state index contributed by atoms with van der Waals surface area (Å²) >= 11 is 7.38. The highest BCUT2D eigenvalue weighted by atomic mass is 35.5. The molecule has 3 rings (SSSR count). The first-order valence-electron chi connectivity index (χ1n) is 6.08. The van der Waals surface area contributed by atoms with Gasteiger partial charge in [0, 0.05) is 10.7 Å². The van der Waals surface area contributed by atoms with Gasteiger partial charge >= 0.3 is 0 Å². The van der Waals surface area contributed by atoms with Crippen LogP contribution in [0.2, 0.25) is 5.02 Å². The van der Waals surface area contributed by atoms with Crippen molar-refractivity contribution in [2.75, 3.05) is 5.32 Å². The number of aromatic nitrogens is 4. The number of rotatable bonds is 4. The molecule has 0 aliphatic heterocycles. The zero-order valence-corrected chi connectivity index (χ0v) is 12.3. The van der Waals surface area contributed by atoms with Gasteiger partial charge in [0.15, 0.2) is 0 Å². The maximum Gasteiger partial charge on any atom is 0.248 e. The average Bonchev–Trinajstić information content (AvgIpc) is 3.08. The number of carbonyl (C=O) groups is 1. The molecule has 3 aromatic rings. The molecule has 0 aliphatic carbocycles. The first-order chi connectivity index (χ1) is 10.2. The Hall–Kier alpha value is -2.25. The zero-order chi connectivity index (χ0) is 14.7. The van der Waals surface area contributed by atoms with Gasteiger partial charge in [0.2, 0.25) is 11.7 Å². The summed E-state index contributed by atoms with van der Waals surface area (Å²) in [4.78, 5) is 14.1. The number of nitrogens with one attached hydrogen (secondary N) is 1. The van der Waals surface area contributed by atoms with E-state index in [1.807, 2.05) is 17.5 Å². The maximum atomic E-state index is 11.9. The van der Waals surface area contributed by atoms with Crippen LogP contribution in [0.1, 0.15) is 0 Å². The normalized spacial score (nSPS) is 10.5. The predicted molar refractivity (Wildman–Crippen MR) is 81.2 cm³/mol. The van der Waals surface area contributed by atoms with E-state index >= 15 is 0 Å². The predicted octanol–water partition coefficient (Wildman–Crippen LogP) is 2.69. The molecule has 1 amide bonds. The third-order valence-corrected chi connectivity index (χ3v) is 3.69. The van der Waals surface area contributed by atoms with Crippen LogP contribution in [0.3, 0.4) is 0 Å². The fraction of sp³-hybridized carbons (Fsp3) is 0.0769. The Morgan fingerprint density at radius 1 is 1.33 bits per heavy atom. The van der Waals surface area contributed by atoms with E-state index in [4.69, 9.17) is 11.6 Å². The molecule has 0 fully saturated rings. The molecule has 6 nitrogen and oxygen atoms in total. The molecule has 0 aliphatic rings. The van der Waals surface area contributed by atoms with Crippen LogP contribution in [0.5, 0.6) is 0 Å². The number of hydrogen-bond acceptors (Lipinski definition) is 5. The molecule has 1 aromatic carbocycles. The van der Waals surface area contributed by atoms with Gasteiger partial charge in [-0.15, -0.1) is 21.5 Å². The van der Waals surface area contributed by atoms with E-state index in [1.54, 1.807) is 24.3 Å². The van der Waals surface area contributed by atoms with Crippen molar-refractivity contribution in [3.05, 3.63) is 46.8 Å². The highest BCUT2D eigenvalue weighted by Gasteiger charge is 2.10. The minimum Gasteiger partial charge on any atom is -0.324 e. The number of amides is 1. The van der Waals surface area contributed by atoms with E-state index in [0.717, 1.165) is 4.88 Å². The SMILES string of the molecule is O=C(Cn1nnc(-c2cccs2)n1)Nc1cccc(Cl)c1. The first kappa shape index (κ1) is 13.7. The fourth-order valence-corrected chi connectivity index (χ4v) is 2.55. The summed E-state index contributed by atoms with van der Waals surface area (Å²) in [6.07, 6.45) is 0. The Bertz CT molecular complexity index is 756. The standard InChI is InChI=1S/C13H10ClN5OS/c14-9-3-1-4-10(7-9)15-12(20)8-19-17-13(16-18-19)11-5-2-6-21-11/h1-7H,8H2,(H,15,20). The summed E-state index contributed by atoms with van der Waals surface area (Å²) in [6, 6.07) is 10.7. The van der Waals surface area contributed by atoms with Crippen molar-refractivity contribution in [3.63, 3.8) is 0 Å². The molecule has 106 valence electrons. The van der Waals surface area contributed by atoms with E-state index in [-0.39, 0.29) is 12.5 Å². The van der Waals surface area contributed by atoms with E-state index < -0.39 is 0 Å². The van der Waals surface area contributed by atoms with Crippen LogP contribution in [0.4, 0.5) is 5.69 Å². The highest BCUT2D eigenvalue weighted by molar-refractivity contribution is 7.13. The number of hydrogen-bond donors (Lipinski definition) is 1. The summed E-state index contributed by atoms with van der Waals surface area (Å²) in [5.74, 6) is 0.271. The van der Waals surface area contributed by atoms with Crippen LogP contribution in [0, 0.1) is 0 Å². The second-order valence-electron chi connectivity index (χ2n) is 4.18. The van der Waals surface area contributed by atoms with Crippen LogP contribution >= 0.6 is 22.9 Å². The number of nitrogens with zero attached hydrogens (tertiary/aromatic N) is 4. The molecule has 1 N–H and O–H groups in total. The molecular weight excluding hydrogens is 310 g/mol. The average molecular weight is 320 g/mol. The Balaban J connectivity index is 1.65. The molecule has 0 unspecified atom stereocenters. The molecule has 21 heavy (non-hydrogen) atoms. The molecule has 2 heterocycles. The minimum absolute atomic E-state index is 0.00904. The summed E-state index contributed by atoms with van der Waals surface area (Å²) in [5, 5.41) is 17.2. The Kier molecular flexibility index (Phi) is 3.94. The van der Waals surface area contributed by atoms with E-state index in [1.165, 1.54) is 16.1 Å². The van der Waals surface area contributed by atoms with E-state index in [0.29, 0.717) is 16.5 Å². The van der Waals surface area contributed by atoms with E-state index in [2.05, 4.69) is 20.7 Å². The van der Waals surface area contributed by atoms with Gasteiger partial charge in [0.25, 0.3) is 0 Å². The number of benzene rings is 1. The van der Waals surface area contributed by atoms with Gasteiger partial charge in [-0.1, -0.05) is 23.7 Å². The second kappa shape index (κ2) is 6.02. The number of tetrazole rings is 1. The molecule has 0 radical (unpaired) electrons. The largest absolute Gasteiger partial charge is 0.324 e. The third-order valence-electron chi connectivity index (χ3n) is 2.59.